The first-order valence-corrected chi connectivity index (χ1v) is 7.40. The van der Waals surface area contributed by atoms with Gasteiger partial charge in [-0.2, -0.15) is 0 Å². The van der Waals surface area contributed by atoms with Crippen molar-refractivity contribution in [3.05, 3.63) is 58.6 Å². The molecule has 0 unspecified atom stereocenters. The fourth-order valence-electron chi connectivity index (χ4n) is 2.15. The van der Waals surface area contributed by atoms with Gasteiger partial charge in [-0.3, -0.25) is 0 Å². The Balaban J connectivity index is 1.86. The van der Waals surface area contributed by atoms with E-state index in [1.54, 1.807) is 31.4 Å². The van der Waals surface area contributed by atoms with Gasteiger partial charge in [0.15, 0.2) is 0 Å². The smallest absolute Gasteiger partial charge is 0.319 e. The van der Waals surface area contributed by atoms with E-state index in [1.165, 1.54) is 5.56 Å². The van der Waals surface area contributed by atoms with Crippen LogP contribution in [0.3, 0.4) is 0 Å². The van der Waals surface area contributed by atoms with Crippen molar-refractivity contribution < 1.29 is 9.53 Å². The average molecular weight is 319 g/mol. The van der Waals surface area contributed by atoms with Gasteiger partial charge in [0.1, 0.15) is 5.75 Å². The van der Waals surface area contributed by atoms with Gasteiger partial charge in [-0.25, -0.2) is 4.79 Å². The number of hydrogen-bond donors (Lipinski definition) is 2. The number of carbonyl (C=O) groups excluding carboxylic acids is 1. The van der Waals surface area contributed by atoms with Crippen LogP contribution in [0.5, 0.6) is 5.75 Å². The molecule has 2 aromatic carbocycles. The molecule has 2 N–H and O–H groups in total. The van der Waals surface area contributed by atoms with Crippen LogP contribution in [0, 0.1) is 6.92 Å². The van der Waals surface area contributed by atoms with E-state index in [0.717, 1.165) is 11.3 Å². The number of ether oxygens (including phenoxy) is 1. The van der Waals surface area contributed by atoms with Crippen LogP contribution in [0.2, 0.25) is 5.02 Å². The molecule has 0 atom stereocenters. The topological polar surface area (TPSA) is 50.4 Å². The molecule has 2 amide bonds. The van der Waals surface area contributed by atoms with Crippen LogP contribution in [0.15, 0.2) is 42.5 Å². The lowest BCUT2D eigenvalue weighted by molar-refractivity contribution is 0.252. The van der Waals surface area contributed by atoms with Gasteiger partial charge < -0.3 is 15.4 Å². The highest BCUT2D eigenvalue weighted by Gasteiger charge is 2.05. The number of nitrogens with one attached hydrogen (secondary N) is 2. The average Bonchev–Trinajstić information content (AvgIpc) is 2.47. The SMILES string of the molecule is COc1ccc(C)cc1CCNC(=O)Nc1cccc(Cl)c1. The second-order valence-electron chi connectivity index (χ2n) is 4.96. The lowest BCUT2D eigenvalue weighted by Crippen LogP contribution is -2.30. The molecule has 0 saturated carbocycles. The minimum absolute atomic E-state index is 0.256. The van der Waals surface area contributed by atoms with Crippen LogP contribution < -0.4 is 15.4 Å². The molecule has 0 aliphatic carbocycles. The summed E-state index contributed by atoms with van der Waals surface area (Å²) in [5.74, 6) is 0.836. The summed E-state index contributed by atoms with van der Waals surface area (Å²) >= 11 is 5.88. The Morgan fingerprint density at radius 1 is 1.23 bits per heavy atom. The highest BCUT2D eigenvalue weighted by molar-refractivity contribution is 6.30. The van der Waals surface area contributed by atoms with Crippen LogP contribution in [-0.2, 0) is 6.42 Å². The maximum atomic E-state index is 11.8. The summed E-state index contributed by atoms with van der Waals surface area (Å²) in [4.78, 5) is 11.8. The molecule has 0 aliphatic heterocycles. The molecule has 2 aromatic rings. The Hall–Kier alpha value is -2.20. The number of anilines is 1. The Morgan fingerprint density at radius 3 is 2.77 bits per heavy atom. The van der Waals surface area contributed by atoms with E-state index >= 15 is 0 Å². The number of amides is 2. The quantitative estimate of drug-likeness (QED) is 0.874. The van der Waals surface area contributed by atoms with Crippen LogP contribution in [-0.4, -0.2) is 19.7 Å². The molecular formula is C17H19ClN2O2. The van der Waals surface area contributed by atoms with Gasteiger partial charge in [0.2, 0.25) is 0 Å². The third-order valence-electron chi connectivity index (χ3n) is 3.20. The summed E-state index contributed by atoms with van der Waals surface area (Å²) in [5.41, 5.74) is 2.91. The Morgan fingerprint density at radius 2 is 2.05 bits per heavy atom. The van der Waals surface area contributed by atoms with Crippen molar-refractivity contribution >= 4 is 23.3 Å². The number of benzene rings is 2. The molecule has 0 aliphatic rings. The van der Waals surface area contributed by atoms with E-state index < -0.39 is 0 Å². The maximum absolute atomic E-state index is 11.8. The molecule has 0 fully saturated rings. The van der Waals surface area contributed by atoms with Crippen LogP contribution >= 0.6 is 11.6 Å². The Labute approximate surface area is 135 Å². The number of halogens is 1. The van der Waals surface area contributed by atoms with E-state index in [0.29, 0.717) is 23.7 Å². The van der Waals surface area contributed by atoms with Gasteiger partial charge in [-0.15, -0.1) is 0 Å². The summed E-state index contributed by atoms with van der Waals surface area (Å²) in [6.45, 7) is 2.55. The predicted molar refractivity (Wildman–Crippen MR) is 89.9 cm³/mol. The van der Waals surface area contributed by atoms with Crippen molar-refractivity contribution in [2.24, 2.45) is 0 Å². The molecule has 22 heavy (non-hydrogen) atoms. The number of methoxy groups -OCH3 is 1. The van der Waals surface area contributed by atoms with Crippen molar-refractivity contribution in [2.75, 3.05) is 19.0 Å². The van der Waals surface area contributed by atoms with E-state index in [-0.39, 0.29) is 6.03 Å². The standard InChI is InChI=1S/C17H19ClN2O2/c1-12-6-7-16(22-2)13(10-12)8-9-19-17(21)20-15-5-3-4-14(18)11-15/h3-7,10-11H,8-9H2,1-2H3,(H2,19,20,21). The van der Waals surface area contributed by atoms with Crippen molar-refractivity contribution in [1.82, 2.24) is 5.32 Å². The van der Waals surface area contributed by atoms with Gasteiger partial charge >= 0.3 is 6.03 Å². The summed E-state index contributed by atoms with van der Waals surface area (Å²) in [7, 11) is 1.65. The number of rotatable bonds is 5. The summed E-state index contributed by atoms with van der Waals surface area (Å²) < 4.78 is 5.32. The minimum atomic E-state index is -0.256. The first-order chi connectivity index (χ1) is 10.6. The fraction of sp³-hybridized carbons (Fsp3) is 0.235. The van der Waals surface area contributed by atoms with E-state index in [1.807, 2.05) is 19.1 Å². The zero-order valence-corrected chi connectivity index (χ0v) is 13.4. The molecule has 0 heterocycles. The molecule has 116 valence electrons. The summed E-state index contributed by atoms with van der Waals surface area (Å²) in [6.07, 6.45) is 0.702. The molecule has 0 bridgehead atoms. The number of carbonyl (C=O) groups is 1. The second kappa shape index (κ2) is 7.71. The Kier molecular flexibility index (Phi) is 5.67. The Bertz CT molecular complexity index is 659. The van der Waals surface area contributed by atoms with Gasteiger partial charge in [0.25, 0.3) is 0 Å². The number of aryl methyl sites for hydroxylation is 1. The fourth-order valence-corrected chi connectivity index (χ4v) is 2.35. The minimum Gasteiger partial charge on any atom is -0.496 e. The number of hydrogen-bond acceptors (Lipinski definition) is 2. The first kappa shape index (κ1) is 16.2. The van der Waals surface area contributed by atoms with Crippen LogP contribution in [0.1, 0.15) is 11.1 Å². The largest absolute Gasteiger partial charge is 0.496 e. The summed E-state index contributed by atoms with van der Waals surface area (Å²) in [6, 6.07) is 12.8. The highest BCUT2D eigenvalue weighted by atomic mass is 35.5. The van der Waals surface area contributed by atoms with Crippen molar-refractivity contribution in [3.8, 4) is 5.75 Å². The van der Waals surface area contributed by atoms with E-state index in [2.05, 4.69) is 16.7 Å². The number of urea groups is 1. The van der Waals surface area contributed by atoms with Crippen LogP contribution in [0.4, 0.5) is 10.5 Å². The predicted octanol–water partition coefficient (Wildman–Crippen LogP) is 4.02. The van der Waals surface area contributed by atoms with E-state index in [4.69, 9.17) is 16.3 Å². The lowest BCUT2D eigenvalue weighted by atomic mass is 10.1. The maximum Gasteiger partial charge on any atom is 0.319 e. The molecule has 0 aromatic heterocycles. The normalized spacial score (nSPS) is 10.1. The van der Waals surface area contributed by atoms with Crippen molar-refractivity contribution in [1.29, 1.82) is 0 Å². The van der Waals surface area contributed by atoms with Gasteiger partial charge in [-0.05, 0) is 43.2 Å². The van der Waals surface area contributed by atoms with Gasteiger partial charge in [0, 0.05) is 17.3 Å². The molecule has 2 rings (SSSR count). The molecule has 0 radical (unpaired) electrons. The molecule has 0 saturated heterocycles. The van der Waals surface area contributed by atoms with Crippen LogP contribution in [0.25, 0.3) is 0 Å². The lowest BCUT2D eigenvalue weighted by Gasteiger charge is -2.11. The van der Waals surface area contributed by atoms with Crippen molar-refractivity contribution in [2.45, 2.75) is 13.3 Å². The second-order valence-corrected chi connectivity index (χ2v) is 5.39. The van der Waals surface area contributed by atoms with Gasteiger partial charge in [0.05, 0.1) is 7.11 Å². The van der Waals surface area contributed by atoms with Crippen molar-refractivity contribution in [3.63, 3.8) is 0 Å². The molecular weight excluding hydrogens is 300 g/mol. The third kappa shape index (κ3) is 4.67. The zero-order valence-electron chi connectivity index (χ0n) is 12.7. The van der Waals surface area contributed by atoms with E-state index in [9.17, 15) is 4.79 Å². The summed E-state index contributed by atoms with van der Waals surface area (Å²) in [5, 5.41) is 6.15. The third-order valence-corrected chi connectivity index (χ3v) is 3.43. The monoisotopic (exact) mass is 318 g/mol. The molecule has 4 nitrogen and oxygen atoms in total. The zero-order chi connectivity index (χ0) is 15.9. The first-order valence-electron chi connectivity index (χ1n) is 7.02. The molecule has 0 spiro atoms. The molecule has 5 heteroatoms. The van der Waals surface area contributed by atoms with Gasteiger partial charge in [-0.1, -0.05) is 35.4 Å². The highest BCUT2D eigenvalue weighted by Crippen LogP contribution is 2.19.